The largest absolute Gasteiger partial charge is 0.384 e. The lowest BCUT2D eigenvalue weighted by atomic mass is 9.97. The van der Waals surface area contributed by atoms with E-state index in [-0.39, 0.29) is 0 Å². The van der Waals surface area contributed by atoms with Gasteiger partial charge >= 0.3 is 0 Å². The average Bonchev–Trinajstić information content (AvgIpc) is 2.48. The number of methoxy groups -OCH3 is 1. The summed E-state index contributed by atoms with van der Waals surface area (Å²) in [4.78, 5) is 2.33. The molecule has 0 aliphatic carbocycles. The van der Waals surface area contributed by atoms with Crippen LogP contribution in [0.4, 0.5) is 5.69 Å². The Labute approximate surface area is 121 Å². The molecule has 1 unspecified atom stereocenters. The van der Waals surface area contributed by atoms with Crippen LogP contribution in [0.15, 0.2) is 18.2 Å². The Kier molecular flexibility index (Phi) is 5.40. The van der Waals surface area contributed by atoms with E-state index in [0.29, 0.717) is 5.92 Å². The Bertz CT molecular complexity index is 479. The van der Waals surface area contributed by atoms with Crippen molar-refractivity contribution in [3.8, 4) is 6.07 Å². The van der Waals surface area contributed by atoms with Crippen molar-refractivity contribution < 1.29 is 4.74 Å². The monoisotopic (exact) mass is 273 g/mol. The number of nitrogens with zero attached hydrogens (tertiary/aromatic N) is 2. The van der Waals surface area contributed by atoms with Crippen LogP contribution in [-0.4, -0.2) is 33.9 Å². The first-order valence-corrected chi connectivity index (χ1v) is 7.20. The van der Waals surface area contributed by atoms with Crippen LogP contribution in [0.3, 0.4) is 0 Å². The predicted octanol–water partition coefficient (Wildman–Crippen LogP) is 2.14. The number of hydrogen-bond acceptors (Lipinski definition) is 4. The average molecular weight is 273 g/mol. The van der Waals surface area contributed by atoms with E-state index < -0.39 is 0 Å². The summed E-state index contributed by atoms with van der Waals surface area (Å²) >= 11 is 0. The minimum atomic E-state index is 0.567. The summed E-state index contributed by atoms with van der Waals surface area (Å²) in [6.45, 7) is 3.60. The summed E-state index contributed by atoms with van der Waals surface area (Å²) in [5.41, 5.74) is 2.99. The van der Waals surface area contributed by atoms with E-state index in [0.717, 1.165) is 49.5 Å². The van der Waals surface area contributed by atoms with Gasteiger partial charge in [0.05, 0.1) is 17.9 Å². The van der Waals surface area contributed by atoms with Crippen molar-refractivity contribution in [3.63, 3.8) is 0 Å². The first-order chi connectivity index (χ1) is 9.78. The fourth-order valence-corrected chi connectivity index (χ4v) is 2.92. The summed E-state index contributed by atoms with van der Waals surface area (Å²) in [6, 6.07) is 8.52. The van der Waals surface area contributed by atoms with Gasteiger partial charge in [0.1, 0.15) is 6.07 Å². The van der Waals surface area contributed by atoms with Crippen molar-refractivity contribution in [2.45, 2.75) is 19.4 Å². The predicted molar refractivity (Wildman–Crippen MR) is 80.7 cm³/mol. The molecule has 1 aromatic rings. The van der Waals surface area contributed by atoms with Crippen molar-refractivity contribution in [3.05, 3.63) is 29.3 Å². The van der Waals surface area contributed by atoms with Gasteiger partial charge in [0, 0.05) is 26.7 Å². The number of rotatable bonds is 5. The van der Waals surface area contributed by atoms with E-state index in [1.807, 2.05) is 13.1 Å². The molecule has 1 aromatic carbocycles. The molecule has 108 valence electrons. The summed E-state index contributed by atoms with van der Waals surface area (Å²) in [5, 5.41) is 12.5. The Balaban J connectivity index is 2.17. The Hall–Kier alpha value is -1.57. The molecule has 1 aliphatic heterocycles. The Morgan fingerprint density at radius 1 is 1.50 bits per heavy atom. The van der Waals surface area contributed by atoms with Crippen LogP contribution in [0.2, 0.25) is 0 Å². The molecule has 0 bridgehead atoms. The second kappa shape index (κ2) is 7.28. The number of nitriles is 1. The third kappa shape index (κ3) is 3.50. The Morgan fingerprint density at radius 2 is 2.35 bits per heavy atom. The van der Waals surface area contributed by atoms with E-state index in [1.54, 1.807) is 7.11 Å². The van der Waals surface area contributed by atoms with E-state index in [4.69, 9.17) is 4.74 Å². The maximum Gasteiger partial charge on any atom is 0.101 e. The van der Waals surface area contributed by atoms with E-state index >= 15 is 0 Å². The second-order valence-electron chi connectivity index (χ2n) is 5.40. The number of ether oxygens (including phenoxy) is 1. The smallest absolute Gasteiger partial charge is 0.101 e. The standard InChI is InChI=1S/C16H23N3O/c1-18-10-13-5-6-16(15(8-13)9-17)19-7-3-4-14(11-19)12-20-2/h5-6,8,14,18H,3-4,7,10-12H2,1-2H3. The van der Waals surface area contributed by atoms with Gasteiger partial charge < -0.3 is 15.0 Å². The van der Waals surface area contributed by atoms with Crippen LogP contribution in [0.25, 0.3) is 0 Å². The molecule has 1 heterocycles. The lowest BCUT2D eigenvalue weighted by Crippen LogP contribution is -2.37. The van der Waals surface area contributed by atoms with Crippen LogP contribution in [0, 0.1) is 17.2 Å². The molecule has 1 N–H and O–H groups in total. The quantitative estimate of drug-likeness (QED) is 0.893. The molecule has 0 amide bonds. The molecule has 4 heteroatoms. The second-order valence-corrected chi connectivity index (χ2v) is 5.40. The molecular formula is C16H23N3O. The molecule has 20 heavy (non-hydrogen) atoms. The van der Waals surface area contributed by atoms with Crippen molar-refractivity contribution in [2.24, 2.45) is 5.92 Å². The topological polar surface area (TPSA) is 48.3 Å². The van der Waals surface area contributed by atoms with Gasteiger partial charge in [0.25, 0.3) is 0 Å². The fourth-order valence-electron chi connectivity index (χ4n) is 2.92. The molecule has 0 saturated carbocycles. The van der Waals surface area contributed by atoms with Gasteiger partial charge in [-0.25, -0.2) is 0 Å². The van der Waals surface area contributed by atoms with Gasteiger partial charge in [-0.1, -0.05) is 6.07 Å². The van der Waals surface area contributed by atoms with Crippen molar-refractivity contribution in [1.29, 1.82) is 5.26 Å². The first-order valence-electron chi connectivity index (χ1n) is 7.20. The van der Waals surface area contributed by atoms with E-state index in [2.05, 4.69) is 28.4 Å². The minimum Gasteiger partial charge on any atom is -0.384 e. The Morgan fingerprint density at radius 3 is 3.05 bits per heavy atom. The molecule has 4 nitrogen and oxygen atoms in total. The van der Waals surface area contributed by atoms with E-state index in [9.17, 15) is 5.26 Å². The van der Waals surface area contributed by atoms with Gasteiger partial charge in [-0.15, -0.1) is 0 Å². The molecule has 1 aliphatic rings. The van der Waals surface area contributed by atoms with Gasteiger partial charge in [-0.2, -0.15) is 5.26 Å². The summed E-state index contributed by atoms with van der Waals surface area (Å²) < 4.78 is 5.27. The molecule has 1 fully saturated rings. The van der Waals surface area contributed by atoms with Crippen LogP contribution in [0.5, 0.6) is 0 Å². The van der Waals surface area contributed by atoms with Gasteiger partial charge in [0.15, 0.2) is 0 Å². The third-order valence-corrected chi connectivity index (χ3v) is 3.82. The number of anilines is 1. The molecule has 0 radical (unpaired) electrons. The molecule has 1 atom stereocenters. The fraction of sp³-hybridized carbons (Fsp3) is 0.562. The number of hydrogen-bond donors (Lipinski definition) is 1. The van der Waals surface area contributed by atoms with Gasteiger partial charge in [-0.05, 0) is 43.5 Å². The zero-order chi connectivity index (χ0) is 14.4. The van der Waals surface area contributed by atoms with Crippen LogP contribution in [-0.2, 0) is 11.3 Å². The van der Waals surface area contributed by atoms with Crippen molar-refractivity contribution in [2.75, 3.05) is 38.8 Å². The van der Waals surface area contributed by atoms with Crippen LogP contribution in [0.1, 0.15) is 24.0 Å². The number of nitrogens with one attached hydrogen (secondary N) is 1. The number of piperidine rings is 1. The highest BCUT2D eigenvalue weighted by Crippen LogP contribution is 2.27. The minimum absolute atomic E-state index is 0.567. The molecule has 2 rings (SSSR count). The zero-order valence-electron chi connectivity index (χ0n) is 12.4. The first kappa shape index (κ1) is 14.8. The lowest BCUT2D eigenvalue weighted by molar-refractivity contribution is 0.143. The summed E-state index contributed by atoms with van der Waals surface area (Å²) in [7, 11) is 3.67. The molecular weight excluding hydrogens is 250 g/mol. The van der Waals surface area contributed by atoms with Crippen LogP contribution >= 0.6 is 0 Å². The van der Waals surface area contributed by atoms with E-state index in [1.165, 1.54) is 6.42 Å². The maximum atomic E-state index is 9.39. The normalized spacial score (nSPS) is 18.9. The zero-order valence-corrected chi connectivity index (χ0v) is 12.4. The van der Waals surface area contributed by atoms with Crippen molar-refractivity contribution in [1.82, 2.24) is 5.32 Å². The highest BCUT2D eigenvalue weighted by atomic mass is 16.5. The highest BCUT2D eigenvalue weighted by molar-refractivity contribution is 5.60. The van der Waals surface area contributed by atoms with Crippen molar-refractivity contribution >= 4 is 5.69 Å². The van der Waals surface area contributed by atoms with Gasteiger partial charge in [-0.3, -0.25) is 0 Å². The van der Waals surface area contributed by atoms with Gasteiger partial charge in [0.2, 0.25) is 0 Å². The molecule has 0 spiro atoms. The molecule has 1 saturated heterocycles. The summed E-state index contributed by atoms with van der Waals surface area (Å²) in [6.07, 6.45) is 2.38. The molecule has 0 aromatic heterocycles. The number of benzene rings is 1. The van der Waals surface area contributed by atoms with Crippen LogP contribution < -0.4 is 10.2 Å². The third-order valence-electron chi connectivity index (χ3n) is 3.82. The summed E-state index contributed by atoms with van der Waals surface area (Å²) in [5.74, 6) is 0.567. The maximum absolute atomic E-state index is 9.39. The highest BCUT2D eigenvalue weighted by Gasteiger charge is 2.21. The lowest BCUT2D eigenvalue weighted by Gasteiger charge is -2.34. The SMILES string of the molecule is CNCc1ccc(N2CCCC(COC)C2)c(C#N)c1.